The lowest BCUT2D eigenvalue weighted by Gasteiger charge is -2.28. The van der Waals surface area contributed by atoms with Crippen LogP contribution in [-0.4, -0.2) is 26.1 Å². The van der Waals surface area contributed by atoms with E-state index in [2.05, 4.69) is 18.3 Å². The molecule has 0 saturated heterocycles. The lowest BCUT2D eigenvalue weighted by molar-refractivity contribution is -0.131. The Morgan fingerprint density at radius 2 is 2.00 bits per heavy atom. The summed E-state index contributed by atoms with van der Waals surface area (Å²) in [6.45, 7) is 7.06. The molecule has 21 heavy (non-hydrogen) atoms. The third-order valence-electron chi connectivity index (χ3n) is 4.34. The predicted molar refractivity (Wildman–Crippen MR) is 86.5 cm³/mol. The van der Waals surface area contributed by atoms with Crippen LogP contribution < -0.4 is 15.8 Å². The van der Waals surface area contributed by atoms with Crippen LogP contribution in [0.5, 0.6) is 5.75 Å². The Hall–Kier alpha value is -1.55. The van der Waals surface area contributed by atoms with E-state index in [1.54, 1.807) is 7.11 Å². The number of benzene rings is 1. The van der Waals surface area contributed by atoms with Crippen molar-refractivity contribution in [3.05, 3.63) is 29.3 Å². The topological polar surface area (TPSA) is 64.4 Å². The lowest BCUT2D eigenvalue weighted by atomic mass is 9.81. The largest absolute Gasteiger partial charge is 0.496 e. The van der Waals surface area contributed by atoms with E-state index in [-0.39, 0.29) is 5.91 Å². The van der Waals surface area contributed by atoms with E-state index >= 15 is 0 Å². The van der Waals surface area contributed by atoms with Crippen molar-refractivity contribution in [2.24, 2.45) is 11.1 Å². The van der Waals surface area contributed by atoms with Gasteiger partial charge in [-0.1, -0.05) is 31.5 Å². The van der Waals surface area contributed by atoms with Crippen LogP contribution in [0.1, 0.15) is 37.8 Å². The van der Waals surface area contributed by atoms with Crippen molar-refractivity contribution >= 4 is 5.91 Å². The summed E-state index contributed by atoms with van der Waals surface area (Å²) in [5.74, 6) is 0.924. The number of hydrogen-bond donors (Lipinski definition) is 2. The molecule has 4 nitrogen and oxygen atoms in total. The molecular weight excluding hydrogens is 264 g/mol. The van der Waals surface area contributed by atoms with E-state index in [4.69, 9.17) is 10.5 Å². The van der Waals surface area contributed by atoms with Crippen molar-refractivity contribution in [1.29, 1.82) is 0 Å². The van der Waals surface area contributed by atoms with Gasteiger partial charge in [0.15, 0.2) is 0 Å². The van der Waals surface area contributed by atoms with Crippen LogP contribution >= 0.6 is 0 Å². The van der Waals surface area contributed by atoms with Crippen molar-refractivity contribution in [1.82, 2.24) is 5.32 Å². The fourth-order valence-electron chi connectivity index (χ4n) is 2.55. The molecule has 0 atom stereocenters. The van der Waals surface area contributed by atoms with Crippen LogP contribution in [0.4, 0.5) is 0 Å². The van der Waals surface area contributed by atoms with Gasteiger partial charge >= 0.3 is 0 Å². The molecular formula is C17H28N2O2. The molecule has 0 spiro atoms. The Morgan fingerprint density at radius 3 is 2.52 bits per heavy atom. The van der Waals surface area contributed by atoms with E-state index in [1.165, 1.54) is 5.56 Å². The van der Waals surface area contributed by atoms with Gasteiger partial charge < -0.3 is 15.8 Å². The number of nitrogens with two attached hydrogens (primary N) is 1. The van der Waals surface area contributed by atoms with Crippen molar-refractivity contribution in [2.45, 2.75) is 40.0 Å². The number of nitrogens with one attached hydrogen (secondary N) is 1. The number of hydrogen-bond acceptors (Lipinski definition) is 3. The normalized spacial score (nSPS) is 11.3. The van der Waals surface area contributed by atoms with Crippen molar-refractivity contribution in [2.75, 3.05) is 20.2 Å². The van der Waals surface area contributed by atoms with Gasteiger partial charge in [-0.15, -0.1) is 0 Å². The molecule has 0 aromatic heterocycles. The highest BCUT2D eigenvalue weighted by Gasteiger charge is 2.32. The standard InChI is InChI=1S/C17H28N2O2/c1-5-17(6-2,12-18)16(20)19-10-9-14-11-13(3)7-8-15(14)21-4/h7-8,11H,5-6,9-10,12,18H2,1-4H3,(H,19,20). The molecule has 4 heteroatoms. The molecule has 0 bridgehead atoms. The Kier molecular flexibility index (Phi) is 6.69. The third-order valence-corrected chi connectivity index (χ3v) is 4.34. The highest BCUT2D eigenvalue weighted by Crippen LogP contribution is 2.25. The summed E-state index contributed by atoms with van der Waals surface area (Å²) in [6.07, 6.45) is 2.28. The third kappa shape index (κ3) is 4.21. The second kappa shape index (κ2) is 8.03. The van der Waals surface area contributed by atoms with E-state index < -0.39 is 5.41 Å². The Balaban J connectivity index is 2.65. The number of amides is 1. The minimum absolute atomic E-state index is 0.0571. The number of ether oxygens (including phenoxy) is 1. The monoisotopic (exact) mass is 292 g/mol. The van der Waals surface area contributed by atoms with Gasteiger partial charge in [0.05, 0.1) is 12.5 Å². The smallest absolute Gasteiger partial charge is 0.227 e. The van der Waals surface area contributed by atoms with Crippen LogP contribution in [0.15, 0.2) is 18.2 Å². The first-order valence-corrected chi connectivity index (χ1v) is 7.64. The molecule has 0 heterocycles. The van der Waals surface area contributed by atoms with Crippen LogP contribution in [0.3, 0.4) is 0 Å². The zero-order chi connectivity index (χ0) is 15.9. The first-order chi connectivity index (χ1) is 10.0. The fraction of sp³-hybridized carbons (Fsp3) is 0.588. The van der Waals surface area contributed by atoms with Gasteiger partial charge in [-0.3, -0.25) is 4.79 Å². The molecule has 0 aliphatic heterocycles. The molecule has 0 radical (unpaired) electrons. The minimum atomic E-state index is -0.434. The summed E-state index contributed by atoms with van der Waals surface area (Å²) in [7, 11) is 1.67. The molecule has 0 aliphatic rings. The first kappa shape index (κ1) is 17.5. The Labute approximate surface area is 128 Å². The van der Waals surface area contributed by atoms with Crippen molar-refractivity contribution in [3.8, 4) is 5.75 Å². The summed E-state index contributed by atoms with van der Waals surface area (Å²) < 4.78 is 5.36. The van der Waals surface area contributed by atoms with Gasteiger partial charge in [-0.25, -0.2) is 0 Å². The lowest BCUT2D eigenvalue weighted by Crippen LogP contribution is -2.45. The molecule has 1 aromatic rings. The van der Waals surface area contributed by atoms with E-state index in [0.717, 1.165) is 30.6 Å². The van der Waals surface area contributed by atoms with Crippen molar-refractivity contribution < 1.29 is 9.53 Å². The average Bonchev–Trinajstić information content (AvgIpc) is 2.50. The predicted octanol–water partition coefficient (Wildman–Crippen LogP) is 2.43. The SMILES string of the molecule is CCC(CC)(CN)C(=O)NCCc1cc(C)ccc1OC. The van der Waals surface area contributed by atoms with Gasteiger partial charge in [-0.2, -0.15) is 0 Å². The molecule has 118 valence electrons. The first-order valence-electron chi connectivity index (χ1n) is 7.64. The van der Waals surface area contributed by atoms with Gasteiger partial charge in [-0.05, 0) is 37.8 Å². The molecule has 1 rings (SSSR count). The number of carbonyl (C=O) groups is 1. The summed E-state index contributed by atoms with van der Waals surface area (Å²) in [5.41, 5.74) is 7.67. The van der Waals surface area contributed by atoms with E-state index in [1.807, 2.05) is 26.0 Å². The van der Waals surface area contributed by atoms with E-state index in [0.29, 0.717) is 13.1 Å². The Bertz CT molecular complexity index is 460. The van der Waals surface area contributed by atoms with Crippen LogP contribution in [-0.2, 0) is 11.2 Å². The van der Waals surface area contributed by atoms with Crippen LogP contribution in [0.2, 0.25) is 0 Å². The number of methoxy groups -OCH3 is 1. The summed E-state index contributed by atoms with van der Waals surface area (Å²) in [5, 5.41) is 3.02. The number of carbonyl (C=O) groups excluding carboxylic acids is 1. The molecule has 1 aromatic carbocycles. The van der Waals surface area contributed by atoms with E-state index in [9.17, 15) is 4.79 Å². The maximum atomic E-state index is 12.3. The highest BCUT2D eigenvalue weighted by atomic mass is 16.5. The number of rotatable bonds is 8. The summed E-state index contributed by atoms with van der Waals surface area (Å²) in [4.78, 5) is 12.3. The maximum absolute atomic E-state index is 12.3. The minimum Gasteiger partial charge on any atom is -0.496 e. The van der Waals surface area contributed by atoms with Crippen LogP contribution in [0, 0.1) is 12.3 Å². The summed E-state index contributed by atoms with van der Waals surface area (Å²) >= 11 is 0. The Morgan fingerprint density at radius 1 is 1.33 bits per heavy atom. The fourth-order valence-corrected chi connectivity index (χ4v) is 2.55. The maximum Gasteiger partial charge on any atom is 0.227 e. The average molecular weight is 292 g/mol. The number of aryl methyl sites for hydroxylation is 1. The highest BCUT2D eigenvalue weighted by molar-refractivity contribution is 5.82. The molecule has 0 fully saturated rings. The molecule has 0 saturated carbocycles. The second-order valence-electron chi connectivity index (χ2n) is 5.51. The quantitative estimate of drug-likeness (QED) is 0.773. The molecule has 0 aliphatic carbocycles. The zero-order valence-corrected chi connectivity index (χ0v) is 13.7. The molecule has 3 N–H and O–H groups in total. The van der Waals surface area contributed by atoms with Gasteiger partial charge in [0.1, 0.15) is 5.75 Å². The molecule has 0 unspecified atom stereocenters. The van der Waals surface area contributed by atoms with Gasteiger partial charge in [0.2, 0.25) is 5.91 Å². The zero-order valence-electron chi connectivity index (χ0n) is 13.7. The van der Waals surface area contributed by atoms with Gasteiger partial charge in [0.25, 0.3) is 0 Å². The van der Waals surface area contributed by atoms with Gasteiger partial charge in [0, 0.05) is 13.1 Å². The van der Waals surface area contributed by atoms with Crippen LogP contribution in [0.25, 0.3) is 0 Å². The summed E-state index contributed by atoms with van der Waals surface area (Å²) in [6, 6.07) is 6.09. The van der Waals surface area contributed by atoms with Crippen molar-refractivity contribution in [3.63, 3.8) is 0 Å². The second-order valence-corrected chi connectivity index (χ2v) is 5.51. The molecule has 1 amide bonds.